The van der Waals surface area contributed by atoms with Crippen molar-refractivity contribution in [3.63, 3.8) is 0 Å². The Labute approximate surface area is 171 Å². The highest BCUT2D eigenvalue weighted by Gasteiger charge is 2.22. The van der Waals surface area contributed by atoms with E-state index in [1.807, 2.05) is 67.7 Å². The standard InChI is InChI=1S/C23H26N4O2/c1-24-23(25-16-19-17-28-22(26-19)18-8-4-2-5-9-18)27-14-12-21(13-15-27)29-20-10-6-3-7-11-20/h2-11,17,21H,12-16H2,1H3,(H,24,25). The fraction of sp³-hybridized carbons (Fsp3) is 0.304. The summed E-state index contributed by atoms with van der Waals surface area (Å²) < 4.78 is 11.7. The molecule has 6 nitrogen and oxygen atoms in total. The van der Waals surface area contributed by atoms with Gasteiger partial charge in [-0.05, 0) is 24.3 Å². The largest absolute Gasteiger partial charge is 0.490 e. The Morgan fingerprint density at radius 3 is 2.48 bits per heavy atom. The Morgan fingerprint density at radius 1 is 1.10 bits per heavy atom. The van der Waals surface area contributed by atoms with E-state index in [0.717, 1.165) is 48.9 Å². The number of benzene rings is 2. The van der Waals surface area contributed by atoms with Crippen LogP contribution in [0, 0.1) is 0 Å². The van der Waals surface area contributed by atoms with Crippen molar-refractivity contribution in [1.82, 2.24) is 15.2 Å². The van der Waals surface area contributed by atoms with Crippen molar-refractivity contribution >= 4 is 5.96 Å². The van der Waals surface area contributed by atoms with Crippen molar-refractivity contribution in [2.45, 2.75) is 25.5 Å². The summed E-state index contributed by atoms with van der Waals surface area (Å²) in [7, 11) is 1.81. The average Bonchev–Trinajstić information content (AvgIpc) is 3.26. The summed E-state index contributed by atoms with van der Waals surface area (Å²) in [6.45, 7) is 2.39. The van der Waals surface area contributed by atoms with Crippen LogP contribution < -0.4 is 10.1 Å². The molecule has 0 unspecified atom stereocenters. The lowest BCUT2D eigenvalue weighted by molar-refractivity contribution is 0.129. The van der Waals surface area contributed by atoms with Crippen LogP contribution in [-0.2, 0) is 6.54 Å². The van der Waals surface area contributed by atoms with Crippen molar-refractivity contribution < 1.29 is 9.15 Å². The maximum absolute atomic E-state index is 6.08. The Hall–Kier alpha value is -3.28. The fourth-order valence-corrected chi connectivity index (χ4v) is 3.48. The number of nitrogens with one attached hydrogen (secondary N) is 1. The molecule has 1 fully saturated rings. The number of hydrogen-bond donors (Lipinski definition) is 1. The van der Waals surface area contributed by atoms with Crippen LogP contribution in [0.1, 0.15) is 18.5 Å². The quantitative estimate of drug-likeness (QED) is 0.528. The normalized spacial score (nSPS) is 15.3. The molecule has 3 aromatic rings. The van der Waals surface area contributed by atoms with E-state index < -0.39 is 0 Å². The first-order valence-electron chi connectivity index (χ1n) is 9.99. The summed E-state index contributed by atoms with van der Waals surface area (Å²) in [4.78, 5) is 11.3. The van der Waals surface area contributed by atoms with Gasteiger partial charge >= 0.3 is 0 Å². The SMILES string of the molecule is CN=C(NCc1coc(-c2ccccc2)n1)N1CCC(Oc2ccccc2)CC1. The number of nitrogens with zero attached hydrogens (tertiary/aromatic N) is 3. The summed E-state index contributed by atoms with van der Waals surface area (Å²) in [5, 5.41) is 3.40. The summed E-state index contributed by atoms with van der Waals surface area (Å²) in [6, 6.07) is 19.9. The molecule has 0 saturated carbocycles. The van der Waals surface area contributed by atoms with Crippen LogP contribution in [0.4, 0.5) is 0 Å². The predicted molar refractivity (Wildman–Crippen MR) is 114 cm³/mol. The van der Waals surface area contributed by atoms with E-state index in [-0.39, 0.29) is 6.10 Å². The summed E-state index contributed by atoms with van der Waals surface area (Å²) >= 11 is 0. The van der Waals surface area contributed by atoms with E-state index in [0.29, 0.717) is 12.4 Å². The number of para-hydroxylation sites is 1. The van der Waals surface area contributed by atoms with Gasteiger partial charge in [-0.15, -0.1) is 0 Å². The molecule has 1 aliphatic rings. The monoisotopic (exact) mass is 390 g/mol. The third-order valence-corrected chi connectivity index (χ3v) is 5.00. The second-order valence-corrected chi connectivity index (χ2v) is 7.03. The zero-order valence-corrected chi connectivity index (χ0v) is 16.6. The molecule has 2 heterocycles. The Kier molecular flexibility index (Phi) is 6.10. The molecule has 1 aromatic heterocycles. The van der Waals surface area contributed by atoms with Crippen molar-refractivity contribution in [1.29, 1.82) is 0 Å². The summed E-state index contributed by atoms with van der Waals surface area (Å²) in [6.07, 6.45) is 3.88. The van der Waals surface area contributed by atoms with Crippen LogP contribution in [0.25, 0.3) is 11.5 Å². The van der Waals surface area contributed by atoms with E-state index in [2.05, 4.69) is 20.2 Å². The molecule has 0 spiro atoms. The number of oxazole rings is 1. The van der Waals surface area contributed by atoms with Gasteiger partial charge in [0.05, 0.1) is 12.2 Å². The number of aliphatic imine (C=N–C) groups is 1. The second kappa shape index (κ2) is 9.28. The molecular formula is C23H26N4O2. The van der Waals surface area contributed by atoms with Gasteiger partial charge in [-0.2, -0.15) is 0 Å². The van der Waals surface area contributed by atoms with E-state index in [4.69, 9.17) is 9.15 Å². The number of guanidine groups is 1. The first-order chi connectivity index (χ1) is 14.3. The van der Waals surface area contributed by atoms with Crippen LogP contribution in [-0.4, -0.2) is 42.1 Å². The number of ether oxygens (including phenoxy) is 1. The van der Waals surface area contributed by atoms with Crippen LogP contribution in [0.2, 0.25) is 0 Å². The molecule has 0 radical (unpaired) electrons. The molecule has 6 heteroatoms. The lowest BCUT2D eigenvalue weighted by Crippen LogP contribution is -2.47. The zero-order chi connectivity index (χ0) is 19.9. The minimum absolute atomic E-state index is 0.246. The minimum Gasteiger partial charge on any atom is -0.490 e. The number of aromatic nitrogens is 1. The van der Waals surface area contributed by atoms with E-state index >= 15 is 0 Å². The molecule has 1 saturated heterocycles. The third kappa shape index (κ3) is 4.96. The van der Waals surface area contributed by atoms with Crippen molar-refractivity contribution in [2.75, 3.05) is 20.1 Å². The zero-order valence-electron chi connectivity index (χ0n) is 16.6. The van der Waals surface area contributed by atoms with Gasteiger partial charge in [-0.1, -0.05) is 36.4 Å². The first kappa shape index (κ1) is 19.1. The van der Waals surface area contributed by atoms with Gasteiger partial charge in [0.2, 0.25) is 5.89 Å². The lowest BCUT2D eigenvalue weighted by atomic mass is 10.1. The van der Waals surface area contributed by atoms with Crippen LogP contribution in [0.3, 0.4) is 0 Å². The smallest absolute Gasteiger partial charge is 0.226 e. The predicted octanol–water partition coefficient (Wildman–Crippen LogP) is 3.96. The van der Waals surface area contributed by atoms with Crippen LogP contribution in [0.15, 0.2) is 76.3 Å². The van der Waals surface area contributed by atoms with E-state index in [9.17, 15) is 0 Å². The lowest BCUT2D eigenvalue weighted by Gasteiger charge is -2.34. The van der Waals surface area contributed by atoms with Crippen LogP contribution >= 0.6 is 0 Å². The van der Waals surface area contributed by atoms with Gasteiger partial charge in [-0.3, -0.25) is 4.99 Å². The number of likely N-dealkylation sites (tertiary alicyclic amines) is 1. The molecule has 1 aliphatic heterocycles. The summed E-state index contributed by atoms with van der Waals surface area (Å²) in [5.74, 6) is 2.46. The molecule has 150 valence electrons. The van der Waals surface area contributed by atoms with E-state index in [1.54, 1.807) is 6.26 Å². The van der Waals surface area contributed by atoms with Gasteiger partial charge in [0.1, 0.15) is 18.1 Å². The molecule has 0 amide bonds. The highest BCUT2D eigenvalue weighted by molar-refractivity contribution is 5.79. The van der Waals surface area contributed by atoms with Gasteiger partial charge in [-0.25, -0.2) is 4.98 Å². The maximum atomic E-state index is 6.08. The highest BCUT2D eigenvalue weighted by Crippen LogP contribution is 2.20. The molecule has 4 rings (SSSR count). The molecule has 0 aliphatic carbocycles. The maximum Gasteiger partial charge on any atom is 0.226 e. The Bertz CT molecular complexity index is 916. The number of rotatable bonds is 5. The average molecular weight is 390 g/mol. The summed E-state index contributed by atoms with van der Waals surface area (Å²) in [5.41, 5.74) is 1.83. The van der Waals surface area contributed by atoms with Crippen LogP contribution in [0.5, 0.6) is 5.75 Å². The fourth-order valence-electron chi connectivity index (χ4n) is 3.48. The van der Waals surface area contributed by atoms with Gasteiger partial charge < -0.3 is 19.4 Å². The second-order valence-electron chi connectivity index (χ2n) is 7.03. The molecule has 1 N–H and O–H groups in total. The first-order valence-corrected chi connectivity index (χ1v) is 9.99. The number of piperidine rings is 1. The molecule has 0 bridgehead atoms. The molecule has 29 heavy (non-hydrogen) atoms. The van der Waals surface area contributed by atoms with Gasteiger partial charge in [0, 0.05) is 38.5 Å². The van der Waals surface area contributed by atoms with Gasteiger partial charge in [0.25, 0.3) is 0 Å². The number of hydrogen-bond acceptors (Lipinski definition) is 4. The Balaban J connectivity index is 1.28. The van der Waals surface area contributed by atoms with Crippen molar-refractivity contribution in [2.24, 2.45) is 4.99 Å². The minimum atomic E-state index is 0.246. The Morgan fingerprint density at radius 2 is 1.79 bits per heavy atom. The molecular weight excluding hydrogens is 364 g/mol. The van der Waals surface area contributed by atoms with Crippen molar-refractivity contribution in [3.05, 3.63) is 72.6 Å². The highest BCUT2D eigenvalue weighted by atomic mass is 16.5. The molecule has 2 aromatic carbocycles. The van der Waals surface area contributed by atoms with E-state index in [1.165, 1.54) is 0 Å². The topological polar surface area (TPSA) is 62.9 Å². The van der Waals surface area contributed by atoms with Gasteiger partial charge in [0.15, 0.2) is 5.96 Å². The molecule has 0 atom stereocenters. The van der Waals surface area contributed by atoms with Crippen molar-refractivity contribution in [3.8, 4) is 17.2 Å². The third-order valence-electron chi connectivity index (χ3n) is 5.00.